The number of benzene rings is 1. The number of furan rings is 1. The van der Waals surface area contributed by atoms with E-state index in [-0.39, 0.29) is 5.91 Å². The van der Waals surface area contributed by atoms with Crippen molar-refractivity contribution in [2.75, 3.05) is 6.54 Å². The molecule has 5 heteroatoms. The van der Waals surface area contributed by atoms with Crippen LogP contribution in [0, 0.1) is 0 Å². The normalized spacial score (nSPS) is 10.6. The number of amides is 1. The van der Waals surface area contributed by atoms with Crippen LogP contribution in [0.15, 0.2) is 65.5 Å². The molecule has 0 aliphatic rings. The number of aryl methyl sites for hydroxylation is 1. The highest BCUT2D eigenvalue weighted by Crippen LogP contribution is 2.09. The van der Waals surface area contributed by atoms with Crippen molar-refractivity contribution in [3.63, 3.8) is 0 Å². The Morgan fingerprint density at radius 3 is 2.70 bits per heavy atom. The number of carbonyl (C=O) groups is 1. The highest BCUT2D eigenvalue weighted by atomic mass is 16.3. The van der Waals surface area contributed by atoms with E-state index in [4.69, 9.17) is 4.42 Å². The van der Waals surface area contributed by atoms with Crippen LogP contribution in [0.5, 0.6) is 0 Å². The minimum atomic E-state index is 0.0505. The van der Waals surface area contributed by atoms with Gasteiger partial charge < -0.3 is 9.73 Å². The van der Waals surface area contributed by atoms with E-state index in [1.807, 2.05) is 41.2 Å². The molecule has 118 valence electrons. The lowest BCUT2D eigenvalue weighted by atomic mass is 10.1. The van der Waals surface area contributed by atoms with Gasteiger partial charge in [-0.2, -0.15) is 5.10 Å². The minimum absolute atomic E-state index is 0.0505. The Labute approximate surface area is 134 Å². The predicted molar refractivity (Wildman–Crippen MR) is 87.3 cm³/mol. The van der Waals surface area contributed by atoms with Crippen molar-refractivity contribution < 1.29 is 9.21 Å². The zero-order valence-corrected chi connectivity index (χ0v) is 12.8. The molecule has 0 saturated carbocycles. The minimum Gasteiger partial charge on any atom is -0.469 e. The lowest BCUT2D eigenvalue weighted by molar-refractivity contribution is -0.121. The highest BCUT2D eigenvalue weighted by Gasteiger charge is 2.04. The second-order valence-electron chi connectivity index (χ2n) is 5.30. The molecule has 1 N–H and O–H groups in total. The molecular weight excluding hydrogens is 290 g/mol. The van der Waals surface area contributed by atoms with Crippen molar-refractivity contribution >= 4 is 5.91 Å². The monoisotopic (exact) mass is 309 g/mol. The summed E-state index contributed by atoms with van der Waals surface area (Å²) in [6.07, 6.45) is 7.19. The fourth-order valence-corrected chi connectivity index (χ4v) is 2.36. The summed E-state index contributed by atoms with van der Waals surface area (Å²) in [5, 5.41) is 7.13. The number of rotatable bonds is 7. The highest BCUT2D eigenvalue weighted by molar-refractivity contribution is 5.76. The Bertz CT molecular complexity index is 716. The van der Waals surface area contributed by atoms with Crippen LogP contribution >= 0.6 is 0 Å². The van der Waals surface area contributed by atoms with Gasteiger partial charge in [-0.3, -0.25) is 4.79 Å². The largest absolute Gasteiger partial charge is 0.469 e. The van der Waals surface area contributed by atoms with Gasteiger partial charge in [0.25, 0.3) is 0 Å². The summed E-state index contributed by atoms with van der Waals surface area (Å²) in [6, 6.07) is 13.8. The zero-order chi connectivity index (χ0) is 15.9. The van der Waals surface area contributed by atoms with Crippen molar-refractivity contribution in [2.24, 2.45) is 0 Å². The van der Waals surface area contributed by atoms with Gasteiger partial charge in [-0.1, -0.05) is 12.1 Å². The molecule has 0 spiro atoms. The topological polar surface area (TPSA) is 60.1 Å². The Morgan fingerprint density at radius 1 is 1.13 bits per heavy atom. The lowest BCUT2D eigenvalue weighted by Crippen LogP contribution is -2.25. The molecule has 5 nitrogen and oxygen atoms in total. The van der Waals surface area contributed by atoms with Crippen LogP contribution in [0.4, 0.5) is 0 Å². The summed E-state index contributed by atoms with van der Waals surface area (Å²) in [5.41, 5.74) is 2.22. The number of aromatic nitrogens is 2. The van der Waals surface area contributed by atoms with E-state index in [2.05, 4.69) is 22.5 Å². The van der Waals surface area contributed by atoms with Gasteiger partial charge in [0.15, 0.2) is 0 Å². The average Bonchev–Trinajstić information content (AvgIpc) is 3.27. The van der Waals surface area contributed by atoms with Crippen LogP contribution in [0.1, 0.15) is 17.7 Å². The maximum absolute atomic E-state index is 11.8. The van der Waals surface area contributed by atoms with Crippen LogP contribution in [-0.4, -0.2) is 22.2 Å². The maximum Gasteiger partial charge on any atom is 0.220 e. The van der Waals surface area contributed by atoms with Crippen LogP contribution in [0.2, 0.25) is 0 Å². The van der Waals surface area contributed by atoms with Crippen molar-refractivity contribution in [3.05, 3.63) is 72.4 Å². The van der Waals surface area contributed by atoms with E-state index in [9.17, 15) is 4.79 Å². The summed E-state index contributed by atoms with van der Waals surface area (Å²) < 4.78 is 7.03. The summed E-state index contributed by atoms with van der Waals surface area (Å²) >= 11 is 0. The van der Waals surface area contributed by atoms with Gasteiger partial charge in [0.2, 0.25) is 5.91 Å². The molecule has 0 aliphatic carbocycles. The van der Waals surface area contributed by atoms with Gasteiger partial charge >= 0.3 is 0 Å². The SMILES string of the molecule is O=C(CCc1ccco1)NCCc1ccc(-n2cccn2)cc1. The van der Waals surface area contributed by atoms with Crippen molar-refractivity contribution in [1.82, 2.24) is 15.1 Å². The van der Waals surface area contributed by atoms with E-state index in [0.29, 0.717) is 19.4 Å². The molecule has 23 heavy (non-hydrogen) atoms. The summed E-state index contributed by atoms with van der Waals surface area (Å²) in [7, 11) is 0. The molecule has 0 radical (unpaired) electrons. The molecule has 2 aromatic heterocycles. The standard InChI is InChI=1S/C18H19N3O2/c22-18(9-8-17-3-1-14-23-17)19-12-10-15-4-6-16(7-5-15)21-13-2-11-20-21/h1-7,11,13-14H,8-10,12H2,(H,19,22). The van der Waals surface area contributed by atoms with E-state index >= 15 is 0 Å². The van der Waals surface area contributed by atoms with Crippen LogP contribution in [0.25, 0.3) is 5.69 Å². The maximum atomic E-state index is 11.8. The third kappa shape index (κ3) is 4.32. The number of hydrogen-bond donors (Lipinski definition) is 1. The second kappa shape index (κ2) is 7.45. The molecule has 0 atom stereocenters. The van der Waals surface area contributed by atoms with Gasteiger partial charge in [0.05, 0.1) is 12.0 Å². The first-order valence-corrected chi connectivity index (χ1v) is 7.69. The third-order valence-corrected chi connectivity index (χ3v) is 3.62. The Hall–Kier alpha value is -2.82. The van der Waals surface area contributed by atoms with Crippen LogP contribution in [-0.2, 0) is 17.6 Å². The Kier molecular flexibility index (Phi) is 4.88. The number of nitrogens with zero attached hydrogens (tertiary/aromatic N) is 2. The molecule has 0 saturated heterocycles. The number of carbonyl (C=O) groups excluding carboxylic acids is 1. The predicted octanol–water partition coefficient (Wildman–Crippen LogP) is 2.76. The average molecular weight is 309 g/mol. The second-order valence-corrected chi connectivity index (χ2v) is 5.30. The molecular formula is C18H19N3O2. The molecule has 0 bridgehead atoms. The molecule has 0 aliphatic heterocycles. The third-order valence-electron chi connectivity index (χ3n) is 3.62. The van der Waals surface area contributed by atoms with E-state index in [0.717, 1.165) is 17.9 Å². The van der Waals surface area contributed by atoms with E-state index < -0.39 is 0 Å². The first-order chi connectivity index (χ1) is 11.3. The number of nitrogens with one attached hydrogen (secondary N) is 1. The molecule has 1 amide bonds. The van der Waals surface area contributed by atoms with Crippen LogP contribution < -0.4 is 5.32 Å². The van der Waals surface area contributed by atoms with Gasteiger partial charge in [-0.15, -0.1) is 0 Å². The number of hydrogen-bond acceptors (Lipinski definition) is 3. The summed E-state index contributed by atoms with van der Waals surface area (Å²) in [4.78, 5) is 11.8. The molecule has 0 unspecified atom stereocenters. The Morgan fingerprint density at radius 2 is 2.00 bits per heavy atom. The van der Waals surface area contributed by atoms with Gasteiger partial charge in [0.1, 0.15) is 5.76 Å². The quantitative estimate of drug-likeness (QED) is 0.730. The summed E-state index contributed by atoms with van der Waals surface area (Å²) in [5.74, 6) is 0.893. The van der Waals surface area contributed by atoms with Crippen molar-refractivity contribution in [2.45, 2.75) is 19.3 Å². The van der Waals surface area contributed by atoms with Gasteiger partial charge in [-0.05, 0) is 42.3 Å². The van der Waals surface area contributed by atoms with Gasteiger partial charge in [0, 0.05) is 31.8 Å². The van der Waals surface area contributed by atoms with Crippen molar-refractivity contribution in [3.8, 4) is 5.69 Å². The molecule has 1 aromatic carbocycles. The molecule has 0 fully saturated rings. The van der Waals surface area contributed by atoms with E-state index in [1.54, 1.807) is 12.5 Å². The van der Waals surface area contributed by atoms with Gasteiger partial charge in [-0.25, -0.2) is 4.68 Å². The molecule has 3 rings (SSSR count). The molecule has 2 heterocycles. The van der Waals surface area contributed by atoms with Crippen molar-refractivity contribution in [1.29, 1.82) is 0 Å². The fraction of sp³-hybridized carbons (Fsp3) is 0.222. The summed E-state index contributed by atoms with van der Waals surface area (Å²) in [6.45, 7) is 0.637. The first-order valence-electron chi connectivity index (χ1n) is 7.69. The smallest absolute Gasteiger partial charge is 0.220 e. The zero-order valence-electron chi connectivity index (χ0n) is 12.8. The molecule has 3 aromatic rings. The van der Waals surface area contributed by atoms with E-state index in [1.165, 1.54) is 5.56 Å². The van der Waals surface area contributed by atoms with Crippen LogP contribution in [0.3, 0.4) is 0 Å². The fourth-order valence-electron chi connectivity index (χ4n) is 2.36. The first kappa shape index (κ1) is 15.1. The Balaban J connectivity index is 1.41. The lowest BCUT2D eigenvalue weighted by Gasteiger charge is -2.06.